The molecule has 1 amide bonds. The van der Waals surface area contributed by atoms with Crippen molar-refractivity contribution in [2.75, 3.05) is 11.9 Å². The molecule has 0 saturated heterocycles. The van der Waals surface area contributed by atoms with Gasteiger partial charge in [0.1, 0.15) is 0 Å². The van der Waals surface area contributed by atoms with Gasteiger partial charge in [0.05, 0.1) is 12.1 Å². The van der Waals surface area contributed by atoms with Crippen LogP contribution in [0.15, 0.2) is 36.5 Å². The molecule has 0 spiro atoms. The molecular weight excluding hydrogens is 240 g/mol. The SMILES string of the molecule is NCC(c1ccc2c(c1)CC(=O)N2)c1cccnn1. The normalized spacial score (nSPS) is 14.9. The van der Waals surface area contributed by atoms with Gasteiger partial charge in [0.25, 0.3) is 0 Å². The summed E-state index contributed by atoms with van der Waals surface area (Å²) in [5.41, 5.74) is 9.69. The molecule has 5 heteroatoms. The molecule has 96 valence electrons. The summed E-state index contributed by atoms with van der Waals surface area (Å²) >= 11 is 0. The van der Waals surface area contributed by atoms with Crippen LogP contribution in [0.1, 0.15) is 22.7 Å². The molecule has 1 aromatic carbocycles. The third-order valence-electron chi connectivity index (χ3n) is 3.34. The van der Waals surface area contributed by atoms with Crippen molar-refractivity contribution in [2.45, 2.75) is 12.3 Å². The Kier molecular flexibility index (Phi) is 2.97. The van der Waals surface area contributed by atoms with Crippen molar-refractivity contribution < 1.29 is 4.79 Å². The Morgan fingerprint density at radius 3 is 3.00 bits per heavy atom. The summed E-state index contributed by atoms with van der Waals surface area (Å²) in [5, 5.41) is 10.8. The standard InChI is InChI=1S/C14H14N4O/c15-8-11(13-2-1-5-16-18-13)9-3-4-12-10(6-9)7-14(19)17-12/h1-6,11H,7-8,15H2,(H,17,19). The van der Waals surface area contributed by atoms with Crippen LogP contribution in [0.2, 0.25) is 0 Å². The van der Waals surface area contributed by atoms with Crippen molar-refractivity contribution in [2.24, 2.45) is 5.73 Å². The Labute approximate surface area is 110 Å². The monoisotopic (exact) mass is 254 g/mol. The lowest BCUT2D eigenvalue weighted by Crippen LogP contribution is -2.15. The number of carbonyl (C=O) groups is 1. The van der Waals surface area contributed by atoms with Gasteiger partial charge >= 0.3 is 0 Å². The van der Waals surface area contributed by atoms with E-state index in [0.717, 1.165) is 22.5 Å². The maximum Gasteiger partial charge on any atom is 0.228 e. The summed E-state index contributed by atoms with van der Waals surface area (Å²) < 4.78 is 0. The number of carbonyl (C=O) groups excluding carboxylic acids is 1. The quantitative estimate of drug-likeness (QED) is 0.858. The molecule has 19 heavy (non-hydrogen) atoms. The first kappa shape index (κ1) is 11.8. The Morgan fingerprint density at radius 1 is 1.37 bits per heavy atom. The molecule has 3 rings (SSSR count). The maximum absolute atomic E-state index is 11.4. The minimum absolute atomic E-state index is 0.00898. The average Bonchev–Trinajstić information content (AvgIpc) is 2.80. The lowest BCUT2D eigenvalue weighted by atomic mass is 9.93. The number of nitrogens with one attached hydrogen (secondary N) is 1. The van der Waals surface area contributed by atoms with E-state index < -0.39 is 0 Å². The second-order valence-corrected chi connectivity index (χ2v) is 4.58. The van der Waals surface area contributed by atoms with Crippen LogP contribution in [0, 0.1) is 0 Å². The van der Waals surface area contributed by atoms with Gasteiger partial charge in [-0.15, -0.1) is 0 Å². The molecular formula is C14H14N4O. The van der Waals surface area contributed by atoms with Crippen LogP contribution >= 0.6 is 0 Å². The summed E-state index contributed by atoms with van der Waals surface area (Å²) in [6.45, 7) is 0.457. The van der Waals surface area contributed by atoms with Gasteiger partial charge in [-0.1, -0.05) is 12.1 Å². The number of benzene rings is 1. The van der Waals surface area contributed by atoms with Crippen molar-refractivity contribution in [1.82, 2.24) is 10.2 Å². The van der Waals surface area contributed by atoms with Crippen molar-refractivity contribution in [1.29, 1.82) is 0 Å². The average molecular weight is 254 g/mol. The molecule has 1 unspecified atom stereocenters. The summed E-state index contributed by atoms with van der Waals surface area (Å²) in [7, 11) is 0. The van der Waals surface area contributed by atoms with Crippen LogP contribution in [0.25, 0.3) is 0 Å². The molecule has 1 atom stereocenters. The molecule has 1 aliphatic rings. The van der Waals surface area contributed by atoms with Crippen LogP contribution in [0.3, 0.4) is 0 Å². The Balaban J connectivity index is 1.97. The maximum atomic E-state index is 11.4. The zero-order chi connectivity index (χ0) is 13.2. The van der Waals surface area contributed by atoms with Gasteiger partial charge < -0.3 is 11.1 Å². The number of hydrogen-bond donors (Lipinski definition) is 2. The first-order chi connectivity index (χ1) is 9.28. The third kappa shape index (κ3) is 2.20. The smallest absolute Gasteiger partial charge is 0.228 e. The first-order valence-corrected chi connectivity index (χ1v) is 6.18. The van der Waals surface area contributed by atoms with Crippen molar-refractivity contribution in [3.05, 3.63) is 53.3 Å². The van der Waals surface area contributed by atoms with Gasteiger partial charge in [0, 0.05) is 24.3 Å². The molecule has 3 N–H and O–H groups in total. The fraction of sp³-hybridized carbons (Fsp3) is 0.214. The highest BCUT2D eigenvalue weighted by Gasteiger charge is 2.21. The summed E-state index contributed by atoms with van der Waals surface area (Å²) in [6.07, 6.45) is 2.07. The minimum Gasteiger partial charge on any atom is -0.329 e. The molecule has 1 aromatic heterocycles. The van der Waals surface area contributed by atoms with E-state index >= 15 is 0 Å². The largest absolute Gasteiger partial charge is 0.329 e. The molecule has 1 aliphatic heterocycles. The summed E-state index contributed by atoms with van der Waals surface area (Å²) in [6, 6.07) is 9.70. The van der Waals surface area contributed by atoms with Crippen LogP contribution in [-0.2, 0) is 11.2 Å². The lowest BCUT2D eigenvalue weighted by Gasteiger charge is -2.15. The van der Waals surface area contributed by atoms with Crippen LogP contribution in [0.5, 0.6) is 0 Å². The van der Waals surface area contributed by atoms with E-state index in [1.807, 2.05) is 30.3 Å². The molecule has 0 radical (unpaired) electrons. The van der Waals surface area contributed by atoms with Gasteiger partial charge in [-0.3, -0.25) is 4.79 Å². The number of amides is 1. The van der Waals surface area contributed by atoms with Crippen molar-refractivity contribution >= 4 is 11.6 Å². The van der Waals surface area contributed by atoms with Gasteiger partial charge in [-0.05, 0) is 29.3 Å². The van der Waals surface area contributed by atoms with Gasteiger partial charge in [0.2, 0.25) is 5.91 Å². The summed E-state index contributed by atoms with van der Waals surface area (Å²) in [4.78, 5) is 11.4. The topological polar surface area (TPSA) is 80.9 Å². The second kappa shape index (κ2) is 4.78. The zero-order valence-electron chi connectivity index (χ0n) is 10.3. The molecule has 0 aliphatic carbocycles. The van der Waals surface area contributed by atoms with Gasteiger partial charge in [0.15, 0.2) is 0 Å². The molecule has 5 nitrogen and oxygen atoms in total. The van der Waals surface area contributed by atoms with E-state index in [9.17, 15) is 4.79 Å². The molecule has 2 aromatic rings. The van der Waals surface area contributed by atoms with Crippen LogP contribution in [0.4, 0.5) is 5.69 Å². The number of nitrogens with two attached hydrogens (primary N) is 1. The third-order valence-corrected chi connectivity index (χ3v) is 3.34. The number of nitrogens with zero attached hydrogens (tertiary/aromatic N) is 2. The number of fused-ring (bicyclic) bond motifs is 1. The molecule has 0 saturated carbocycles. The molecule has 0 fully saturated rings. The Bertz CT molecular complexity index is 612. The minimum atomic E-state index is 0.00898. The van der Waals surface area contributed by atoms with E-state index in [2.05, 4.69) is 15.5 Å². The second-order valence-electron chi connectivity index (χ2n) is 4.58. The van der Waals surface area contributed by atoms with Gasteiger partial charge in [-0.2, -0.15) is 10.2 Å². The zero-order valence-corrected chi connectivity index (χ0v) is 10.3. The van der Waals surface area contributed by atoms with Crippen molar-refractivity contribution in [3.63, 3.8) is 0 Å². The Morgan fingerprint density at radius 2 is 2.26 bits per heavy atom. The van der Waals surface area contributed by atoms with E-state index in [1.165, 1.54) is 0 Å². The fourth-order valence-corrected chi connectivity index (χ4v) is 2.39. The number of hydrogen-bond acceptors (Lipinski definition) is 4. The molecule has 2 heterocycles. The van der Waals surface area contributed by atoms with E-state index in [1.54, 1.807) is 6.20 Å². The predicted molar refractivity (Wildman–Crippen MR) is 71.7 cm³/mol. The number of rotatable bonds is 3. The summed E-state index contributed by atoms with van der Waals surface area (Å²) in [5.74, 6) is 0.0469. The highest BCUT2D eigenvalue weighted by atomic mass is 16.1. The van der Waals surface area contributed by atoms with Crippen molar-refractivity contribution in [3.8, 4) is 0 Å². The van der Waals surface area contributed by atoms with Crippen LogP contribution < -0.4 is 11.1 Å². The first-order valence-electron chi connectivity index (χ1n) is 6.18. The predicted octanol–water partition coefficient (Wildman–Crippen LogP) is 1.06. The van der Waals surface area contributed by atoms with Gasteiger partial charge in [-0.25, -0.2) is 0 Å². The highest BCUT2D eigenvalue weighted by Crippen LogP contribution is 2.29. The van der Waals surface area contributed by atoms with E-state index in [0.29, 0.717) is 13.0 Å². The fourth-order valence-electron chi connectivity index (χ4n) is 2.39. The number of aromatic nitrogens is 2. The van der Waals surface area contributed by atoms with E-state index in [-0.39, 0.29) is 11.8 Å². The van der Waals surface area contributed by atoms with Crippen LogP contribution in [-0.4, -0.2) is 22.6 Å². The lowest BCUT2D eigenvalue weighted by molar-refractivity contribution is -0.115. The number of anilines is 1. The highest BCUT2D eigenvalue weighted by molar-refractivity contribution is 5.99. The van der Waals surface area contributed by atoms with E-state index in [4.69, 9.17) is 5.73 Å². The Hall–Kier alpha value is -2.27. The molecule has 0 bridgehead atoms.